The summed E-state index contributed by atoms with van der Waals surface area (Å²) in [4.78, 5) is 0. The van der Waals surface area contributed by atoms with Gasteiger partial charge in [0.2, 0.25) is 0 Å². The molecule has 0 unspecified atom stereocenters. The van der Waals surface area contributed by atoms with Gasteiger partial charge in [0.25, 0.3) is 0 Å². The zero-order valence-electron chi connectivity index (χ0n) is 11.2. The molecule has 0 radical (unpaired) electrons. The van der Waals surface area contributed by atoms with Crippen molar-refractivity contribution in [2.75, 3.05) is 0 Å². The summed E-state index contributed by atoms with van der Waals surface area (Å²) >= 11 is 0. The molecule has 0 aliphatic heterocycles. The van der Waals surface area contributed by atoms with E-state index < -0.39 is 17.5 Å². The Bertz CT molecular complexity index is 854. The summed E-state index contributed by atoms with van der Waals surface area (Å²) in [6, 6.07) is 13.3. The molecule has 0 bridgehead atoms. The van der Waals surface area contributed by atoms with E-state index in [9.17, 15) is 23.4 Å². The number of phenols is 2. The zero-order chi connectivity index (χ0) is 15.9. The highest BCUT2D eigenvalue weighted by Crippen LogP contribution is 2.38. The van der Waals surface area contributed by atoms with Crippen molar-refractivity contribution >= 4 is 10.8 Å². The van der Waals surface area contributed by atoms with Crippen molar-refractivity contribution in [3.63, 3.8) is 0 Å². The molecule has 0 saturated carbocycles. The van der Waals surface area contributed by atoms with Gasteiger partial charge in [-0.1, -0.05) is 24.3 Å². The van der Waals surface area contributed by atoms with Crippen molar-refractivity contribution in [3.05, 3.63) is 60.2 Å². The summed E-state index contributed by atoms with van der Waals surface area (Å²) in [6.45, 7) is 0. The van der Waals surface area contributed by atoms with Crippen molar-refractivity contribution in [3.8, 4) is 22.6 Å². The molecule has 3 rings (SSSR count). The Morgan fingerprint density at radius 3 is 2.00 bits per heavy atom. The largest absolute Gasteiger partial charge is 0.508 e. The van der Waals surface area contributed by atoms with Crippen LogP contribution in [0.15, 0.2) is 54.6 Å². The summed E-state index contributed by atoms with van der Waals surface area (Å²) in [5.41, 5.74) is -0.0976. The first-order chi connectivity index (χ1) is 10.3. The molecule has 22 heavy (non-hydrogen) atoms. The van der Waals surface area contributed by atoms with Crippen molar-refractivity contribution in [2.45, 2.75) is 6.18 Å². The van der Waals surface area contributed by atoms with Crippen LogP contribution in [0.5, 0.6) is 11.5 Å². The molecule has 0 saturated heterocycles. The molecular weight excluding hydrogens is 293 g/mol. The van der Waals surface area contributed by atoms with Crippen LogP contribution in [0.1, 0.15) is 5.56 Å². The first kappa shape index (κ1) is 14.3. The maximum Gasteiger partial charge on any atom is 0.419 e. The molecule has 5 heteroatoms. The number of fused-ring (bicyclic) bond motifs is 1. The van der Waals surface area contributed by atoms with Gasteiger partial charge in [0.05, 0.1) is 5.56 Å². The van der Waals surface area contributed by atoms with Crippen molar-refractivity contribution < 1.29 is 23.4 Å². The Labute approximate surface area is 124 Å². The number of aromatic hydroxyl groups is 2. The molecule has 0 amide bonds. The minimum Gasteiger partial charge on any atom is -0.508 e. The summed E-state index contributed by atoms with van der Waals surface area (Å²) in [6.07, 6.45) is -4.61. The number of alkyl halides is 3. The highest BCUT2D eigenvalue weighted by molar-refractivity contribution is 5.88. The zero-order valence-corrected chi connectivity index (χ0v) is 11.2. The Morgan fingerprint density at radius 2 is 1.27 bits per heavy atom. The van der Waals surface area contributed by atoms with Crippen LogP contribution in [0.3, 0.4) is 0 Å². The molecule has 0 atom stereocenters. The van der Waals surface area contributed by atoms with E-state index in [4.69, 9.17) is 0 Å². The molecule has 3 aromatic rings. The van der Waals surface area contributed by atoms with Gasteiger partial charge in [0.1, 0.15) is 11.5 Å². The van der Waals surface area contributed by atoms with Crippen molar-refractivity contribution in [1.82, 2.24) is 0 Å². The van der Waals surface area contributed by atoms with Crippen molar-refractivity contribution in [1.29, 1.82) is 0 Å². The van der Waals surface area contributed by atoms with Gasteiger partial charge in [0, 0.05) is 0 Å². The Hall–Kier alpha value is -2.69. The topological polar surface area (TPSA) is 40.5 Å². The van der Waals surface area contributed by atoms with Crippen LogP contribution in [-0.2, 0) is 6.18 Å². The molecule has 112 valence electrons. The summed E-state index contributed by atoms with van der Waals surface area (Å²) in [5.74, 6) is -0.661. The summed E-state index contributed by atoms with van der Waals surface area (Å²) in [5, 5.41) is 20.4. The maximum absolute atomic E-state index is 12.9. The molecule has 0 spiro atoms. The third-order valence-electron chi connectivity index (χ3n) is 3.46. The van der Waals surface area contributed by atoms with Gasteiger partial charge in [-0.2, -0.15) is 13.2 Å². The third-order valence-corrected chi connectivity index (χ3v) is 3.46. The number of halogens is 3. The summed E-state index contributed by atoms with van der Waals surface area (Å²) in [7, 11) is 0. The van der Waals surface area contributed by atoms with E-state index >= 15 is 0 Å². The quantitative estimate of drug-likeness (QED) is 0.668. The van der Waals surface area contributed by atoms with Crippen LogP contribution in [0, 0.1) is 0 Å². The molecular formula is C17H11F3O2. The van der Waals surface area contributed by atoms with Crippen LogP contribution < -0.4 is 0 Å². The molecule has 0 fully saturated rings. The van der Waals surface area contributed by atoms with Gasteiger partial charge >= 0.3 is 6.18 Å². The van der Waals surface area contributed by atoms with Crippen LogP contribution in [0.25, 0.3) is 21.9 Å². The smallest absolute Gasteiger partial charge is 0.419 e. The van der Waals surface area contributed by atoms with Crippen LogP contribution >= 0.6 is 0 Å². The molecule has 0 aromatic heterocycles. The lowest BCUT2D eigenvalue weighted by Crippen LogP contribution is -2.05. The lowest BCUT2D eigenvalue weighted by molar-refractivity contribution is -0.138. The second-order valence-electron chi connectivity index (χ2n) is 4.98. The third kappa shape index (κ3) is 2.57. The van der Waals surface area contributed by atoms with E-state index in [1.807, 2.05) is 0 Å². The number of hydrogen-bond acceptors (Lipinski definition) is 2. The Kier molecular flexibility index (Phi) is 3.20. The number of benzene rings is 3. The van der Waals surface area contributed by atoms with E-state index in [2.05, 4.69) is 0 Å². The Morgan fingerprint density at radius 1 is 0.682 bits per heavy atom. The molecule has 2 N–H and O–H groups in total. The molecule has 0 aliphatic carbocycles. The van der Waals surface area contributed by atoms with E-state index in [1.165, 1.54) is 12.1 Å². The second kappa shape index (κ2) is 4.94. The molecule has 3 aromatic carbocycles. The average molecular weight is 304 g/mol. The van der Waals surface area contributed by atoms with E-state index in [0.29, 0.717) is 11.1 Å². The predicted molar refractivity (Wildman–Crippen MR) is 77.7 cm³/mol. The fraction of sp³-hybridized carbons (Fsp3) is 0.0588. The van der Waals surface area contributed by atoms with Gasteiger partial charge in [-0.15, -0.1) is 0 Å². The lowest BCUT2D eigenvalue weighted by Gasteiger charge is -2.11. The maximum atomic E-state index is 12.9. The van der Waals surface area contributed by atoms with Gasteiger partial charge in [-0.25, -0.2) is 0 Å². The lowest BCUT2D eigenvalue weighted by atomic mass is 9.99. The standard InChI is InChI=1S/C17H11F3O2/c18-17(19,20)15-9-13(4-6-16(15)22)10-1-2-12-8-14(21)5-3-11(12)7-10/h1-9,21-22H. The Balaban J connectivity index is 2.13. The summed E-state index contributed by atoms with van der Waals surface area (Å²) < 4.78 is 38.6. The molecule has 0 heterocycles. The van der Waals surface area contributed by atoms with Crippen molar-refractivity contribution in [2.24, 2.45) is 0 Å². The van der Waals surface area contributed by atoms with Crippen LogP contribution in [0.2, 0.25) is 0 Å². The van der Waals surface area contributed by atoms with Gasteiger partial charge in [-0.05, 0) is 52.2 Å². The highest BCUT2D eigenvalue weighted by atomic mass is 19.4. The fourth-order valence-corrected chi connectivity index (χ4v) is 2.36. The SMILES string of the molecule is Oc1ccc2cc(-c3ccc(O)c(C(F)(F)F)c3)ccc2c1. The van der Waals surface area contributed by atoms with E-state index in [-0.39, 0.29) is 5.75 Å². The highest BCUT2D eigenvalue weighted by Gasteiger charge is 2.34. The van der Waals surface area contributed by atoms with Crippen LogP contribution in [0.4, 0.5) is 13.2 Å². The number of phenolic OH excluding ortho intramolecular Hbond substituents is 2. The fourth-order valence-electron chi connectivity index (χ4n) is 2.36. The number of rotatable bonds is 1. The van der Waals surface area contributed by atoms with E-state index in [1.54, 1.807) is 30.3 Å². The molecule has 2 nitrogen and oxygen atoms in total. The van der Waals surface area contributed by atoms with Gasteiger partial charge in [-0.3, -0.25) is 0 Å². The minimum atomic E-state index is -4.61. The monoisotopic (exact) mass is 304 g/mol. The normalized spacial score (nSPS) is 11.8. The van der Waals surface area contributed by atoms with Crippen LogP contribution in [-0.4, -0.2) is 10.2 Å². The number of hydrogen-bond donors (Lipinski definition) is 2. The first-order valence-corrected chi connectivity index (χ1v) is 6.48. The second-order valence-corrected chi connectivity index (χ2v) is 4.98. The minimum absolute atomic E-state index is 0.129. The van der Waals surface area contributed by atoms with E-state index in [0.717, 1.165) is 22.9 Å². The first-order valence-electron chi connectivity index (χ1n) is 6.48. The van der Waals surface area contributed by atoms with Gasteiger partial charge < -0.3 is 10.2 Å². The molecule has 0 aliphatic rings. The van der Waals surface area contributed by atoms with Gasteiger partial charge in [0.15, 0.2) is 0 Å². The average Bonchev–Trinajstić information content (AvgIpc) is 2.46. The predicted octanol–water partition coefficient (Wildman–Crippen LogP) is 4.94.